The van der Waals surface area contributed by atoms with Gasteiger partial charge in [0.1, 0.15) is 0 Å². The normalized spacial score (nSPS) is 9.88. The van der Waals surface area contributed by atoms with E-state index in [-0.39, 0.29) is 6.03 Å². The molecule has 0 aliphatic heterocycles. The van der Waals surface area contributed by atoms with E-state index >= 15 is 0 Å². The smallest absolute Gasteiger partial charge is 0.319 e. The highest BCUT2D eigenvalue weighted by molar-refractivity contribution is 9.10. The fourth-order valence-corrected chi connectivity index (χ4v) is 1.57. The number of nitrogens with two attached hydrogens (primary N) is 1. The van der Waals surface area contributed by atoms with Gasteiger partial charge in [0.2, 0.25) is 0 Å². The van der Waals surface area contributed by atoms with E-state index in [1.807, 2.05) is 6.07 Å². The van der Waals surface area contributed by atoms with E-state index in [4.69, 9.17) is 5.73 Å². The van der Waals surface area contributed by atoms with Crippen molar-refractivity contribution < 1.29 is 4.79 Å². The van der Waals surface area contributed by atoms with Gasteiger partial charge in [-0.05, 0) is 24.6 Å². The molecule has 1 rings (SSSR count). The number of nitrogens with one attached hydrogen (secondary N) is 2. The maximum Gasteiger partial charge on any atom is 0.319 e. The van der Waals surface area contributed by atoms with Crippen LogP contribution in [-0.4, -0.2) is 12.6 Å². The lowest BCUT2D eigenvalue weighted by Gasteiger charge is -2.09. The van der Waals surface area contributed by atoms with Crippen LogP contribution in [0.5, 0.6) is 0 Å². The molecule has 88 valence electrons. The lowest BCUT2D eigenvalue weighted by Crippen LogP contribution is -2.29. The van der Waals surface area contributed by atoms with Crippen LogP contribution in [0.15, 0.2) is 22.7 Å². The number of amides is 2. The molecule has 0 saturated carbocycles. The molecule has 1 aromatic carbocycles. The van der Waals surface area contributed by atoms with Crippen molar-refractivity contribution in [2.24, 2.45) is 0 Å². The van der Waals surface area contributed by atoms with Crippen LogP contribution in [0.3, 0.4) is 0 Å². The number of unbranched alkanes of at least 4 members (excludes halogenated alkanes) is 1. The number of carbonyl (C=O) groups excluding carboxylic acids is 1. The molecule has 0 radical (unpaired) electrons. The SMILES string of the molecule is CCCCNC(=O)Nc1ccc(Br)cc1N. The molecule has 0 fully saturated rings. The van der Waals surface area contributed by atoms with E-state index in [0.717, 1.165) is 17.3 Å². The Morgan fingerprint density at radius 1 is 1.50 bits per heavy atom. The monoisotopic (exact) mass is 285 g/mol. The Morgan fingerprint density at radius 2 is 2.25 bits per heavy atom. The molecule has 0 aliphatic rings. The molecule has 2 amide bonds. The van der Waals surface area contributed by atoms with E-state index in [9.17, 15) is 4.79 Å². The van der Waals surface area contributed by atoms with Crippen molar-refractivity contribution in [2.45, 2.75) is 19.8 Å². The van der Waals surface area contributed by atoms with Gasteiger partial charge in [-0.1, -0.05) is 29.3 Å². The Balaban J connectivity index is 2.49. The van der Waals surface area contributed by atoms with Crippen molar-refractivity contribution in [3.63, 3.8) is 0 Å². The number of benzene rings is 1. The topological polar surface area (TPSA) is 67.2 Å². The molecule has 0 atom stereocenters. The summed E-state index contributed by atoms with van der Waals surface area (Å²) < 4.78 is 0.891. The van der Waals surface area contributed by atoms with Crippen LogP contribution in [0.25, 0.3) is 0 Å². The fourth-order valence-electron chi connectivity index (χ4n) is 1.19. The third kappa shape index (κ3) is 4.10. The Bertz CT molecular complexity index is 368. The first-order valence-corrected chi connectivity index (χ1v) is 6.02. The van der Waals surface area contributed by atoms with Crippen LogP contribution in [0.2, 0.25) is 0 Å². The third-order valence-electron chi connectivity index (χ3n) is 2.08. The summed E-state index contributed by atoms with van der Waals surface area (Å²) >= 11 is 3.31. The summed E-state index contributed by atoms with van der Waals surface area (Å²) in [5.41, 5.74) is 6.92. The molecule has 5 heteroatoms. The fraction of sp³-hybridized carbons (Fsp3) is 0.364. The highest BCUT2D eigenvalue weighted by Crippen LogP contribution is 2.22. The molecular formula is C11H16BrN3O. The zero-order chi connectivity index (χ0) is 12.0. The predicted molar refractivity (Wildman–Crippen MR) is 70.5 cm³/mol. The van der Waals surface area contributed by atoms with Crippen molar-refractivity contribution in [1.29, 1.82) is 0 Å². The summed E-state index contributed by atoms with van der Waals surface area (Å²) in [6.07, 6.45) is 2.03. The molecule has 0 aliphatic carbocycles. The minimum absolute atomic E-state index is 0.220. The van der Waals surface area contributed by atoms with Crippen molar-refractivity contribution in [3.8, 4) is 0 Å². The standard InChI is InChI=1S/C11H16BrN3O/c1-2-3-6-14-11(16)15-10-5-4-8(12)7-9(10)13/h4-5,7H,2-3,6,13H2,1H3,(H2,14,15,16). The molecule has 4 nitrogen and oxygen atoms in total. The zero-order valence-corrected chi connectivity index (χ0v) is 10.8. The Hall–Kier alpha value is -1.23. The molecule has 4 N–H and O–H groups in total. The average molecular weight is 286 g/mol. The van der Waals surface area contributed by atoms with Gasteiger partial charge in [-0.3, -0.25) is 0 Å². The number of hydrogen-bond donors (Lipinski definition) is 3. The van der Waals surface area contributed by atoms with E-state index in [0.29, 0.717) is 17.9 Å². The van der Waals surface area contributed by atoms with Crippen LogP contribution in [-0.2, 0) is 0 Å². The van der Waals surface area contributed by atoms with Crippen molar-refractivity contribution >= 4 is 33.3 Å². The minimum Gasteiger partial charge on any atom is -0.397 e. The van der Waals surface area contributed by atoms with Gasteiger partial charge in [0.25, 0.3) is 0 Å². The molecule has 0 bridgehead atoms. The van der Waals surface area contributed by atoms with Crippen LogP contribution < -0.4 is 16.4 Å². The lowest BCUT2D eigenvalue weighted by atomic mass is 10.3. The van der Waals surface area contributed by atoms with E-state index in [1.165, 1.54) is 0 Å². The first kappa shape index (κ1) is 12.8. The number of halogens is 1. The second kappa shape index (κ2) is 6.37. The summed E-state index contributed by atoms with van der Waals surface area (Å²) in [6, 6.07) is 5.13. The van der Waals surface area contributed by atoms with Crippen LogP contribution in [0.4, 0.5) is 16.2 Å². The Morgan fingerprint density at radius 3 is 2.88 bits per heavy atom. The largest absolute Gasteiger partial charge is 0.397 e. The van der Waals surface area contributed by atoms with Gasteiger partial charge in [0.05, 0.1) is 11.4 Å². The lowest BCUT2D eigenvalue weighted by molar-refractivity contribution is 0.252. The summed E-state index contributed by atoms with van der Waals surface area (Å²) in [7, 11) is 0. The zero-order valence-electron chi connectivity index (χ0n) is 9.22. The van der Waals surface area contributed by atoms with Crippen LogP contribution in [0, 0.1) is 0 Å². The molecule has 0 aromatic heterocycles. The number of nitrogen functional groups attached to an aromatic ring is 1. The Kier molecular flexibility index (Phi) is 5.11. The Labute approximate surface area is 104 Å². The van der Waals surface area contributed by atoms with Crippen molar-refractivity contribution in [2.75, 3.05) is 17.6 Å². The summed E-state index contributed by atoms with van der Waals surface area (Å²) in [5, 5.41) is 5.46. The van der Waals surface area contributed by atoms with Crippen LogP contribution >= 0.6 is 15.9 Å². The summed E-state index contributed by atoms with van der Waals surface area (Å²) in [4.78, 5) is 11.4. The molecule has 16 heavy (non-hydrogen) atoms. The van der Waals surface area contributed by atoms with Gasteiger partial charge >= 0.3 is 6.03 Å². The van der Waals surface area contributed by atoms with Gasteiger partial charge < -0.3 is 16.4 Å². The second-order valence-corrected chi connectivity index (χ2v) is 4.38. The number of rotatable bonds is 4. The number of carbonyl (C=O) groups is 1. The molecular weight excluding hydrogens is 270 g/mol. The van der Waals surface area contributed by atoms with Crippen molar-refractivity contribution in [1.82, 2.24) is 5.32 Å². The van der Waals surface area contributed by atoms with Gasteiger partial charge in [-0.2, -0.15) is 0 Å². The molecule has 0 heterocycles. The second-order valence-electron chi connectivity index (χ2n) is 3.47. The van der Waals surface area contributed by atoms with E-state index in [1.54, 1.807) is 12.1 Å². The van der Waals surface area contributed by atoms with Gasteiger partial charge in [-0.15, -0.1) is 0 Å². The summed E-state index contributed by atoms with van der Waals surface area (Å²) in [5.74, 6) is 0. The van der Waals surface area contributed by atoms with E-state index in [2.05, 4.69) is 33.5 Å². The minimum atomic E-state index is -0.220. The molecule has 0 saturated heterocycles. The molecule has 0 spiro atoms. The van der Waals surface area contributed by atoms with Gasteiger partial charge in [0.15, 0.2) is 0 Å². The van der Waals surface area contributed by atoms with E-state index < -0.39 is 0 Å². The molecule has 0 unspecified atom stereocenters. The number of urea groups is 1. The molecule has 1 aromatic rings. The van der Waals surface area contributed by atoms with Gasteiger partial charge in [-0.25, -0.2) is 4.79 Å². The summed E-state index contributed by atoms with van der Waals surface area (Å²) in [6.45, 7) is 2.76. The van der Waals surface area contributed by atoms with Crippen LogP contribution in [0.1, 0.15) is 19.8 Å². The van der Waals surface area contributed by atoms with Crippen molar-refractivity contribution in [3.05, 3.63) is 22.7 Å². The number of hydrogen-bond acceptors (Lipinski definition) is 2. The maximum atomic E-state index is 11.4. The highest BCUT2D eigenvalue weighted by Gasteiger charge is 2.04. The first-order chi connectivity index (χ1) is 7.63. The number of anilines is 2. The highest BCUT2D eigenvalue weighted by atomic mass is 79.9. The average Bonchev–Trinajstić information content (AvgIpc) is 2.23. The maximum absolute atomic E-state index is 11.4. The first-order valence-electron chi connectivity index (χ1n) is 5.23. The third-order valence-corrected chi connectivity index (χ3v) is 2.57. The quantitative estimate of drug-likeness (QED) is 0.588. The predicted octanol–water partition coefficient (Wildman–Crippen LogP) is 2.95. The van der Waals surface area contributed by atoms with Gasteiger partial charge in [0, 0.05) is 11.0 Å².